The van der Waals surface area contributed by atoms with E-state index in [0.29, 0.717) is 11.6 Å². The number of rotatable bonds is 6. The third-order valence-corrected chi connectivity index (χ3v) is 5.04. The first-order valence-corrected chi connectivity index (χ1v) is 9.33. The number of hydrogen-bond donors (Lipinski definition) is 3. The molecule has 2 aromatic carbocycles. The number of aromatic nitrogens is 5. The van der Waals surface area contributed by atoms with E-state index in [-0.39, 0.29) is 18.9 Å². The number of benzene rings is 2. The summed E-state index contributed by atoms with van der Waals surface area (Å²) in [5, 5.41) is 17.7. The van der Waals surface area contributed by atoms with Crippen LogP contribution in [0.25, 0.3) is 10.9 Å². The van der Waals surface area contributed by atoms with Crippen LogP contribution in [-0.4, -0.2) is 31.5 Å². The molecule has 0 saturated carbocycles. The third-order valence-electron chi connectivity index (χ3n) is 5.04. The number of H-pyrrole nitrogens is 2. The van der Waals surface area contributed by atoms with E-state index in [1.807, 2.05) is 43.3 Å². The van der Waals surface area contributed by atoms with Gasteiger partial charge in [0.25, 0.3) is 0 Å². The lowest BCUT2D eigenvalue weighted by Crippen LogP contribution is -2.15. The minimum Gasteiger partial charge on any atom is -0.485 e. The number of aromatic amines is 2. The number of ether oxygens (including phenoxy) is 1. The molecule has 1 amide bonds. The molecule has 0 aliphatic rings. The second-order valence-corrected chi connectivity index (χ2v) is 7.02. The molecule has 8 nitrogen and oxygen atoms in total. The van der Waals surface area contributed by atoms with Gasteiger partial charge in [0, 0.05) is 22.3 Å². The van der Waals surface area contributed by atoms with Crippen molar-refractivity contribution in [3.05, 3.63) is 64.6 Å². The van der Waals surface area contributed by atoms with Gasteiger partial charge in [0.15, 0.2) is 6.61 Å². The highest BCUT2D eigenvalue weighted by Gasteiger charge is 2.12. The first kappa shape index (κ1) is 18.7. The smallest absolute Gasteiger partial charge is 0.228 e. The van der Waals surface area contributed by atoms with Gasteiger partial charge in [0.1, 0.15) is 5.75 Å². The van der Waals surface area contributed by atoms with E-state index >= 15 is 0 Å². The molecule has 2 aromatic heterocycles. The van der Waals surface area contributed by atoms with Crippen molar-refractivity contribution in [1.82, 2.24) is 25.6 Å². The van der Waals surface area contributed by atoms with Crippen LogP contribution < -0.4 is 10.1 Å². The van der Waals surface area contributed by atoms with E-state index in [0.717, 1.165) is 28.0 Å². The van der Waals surface area contributed by atoms with E-state index in [9.17, 15) is 4.79 Å². The highest BCUT2D eigenvalue weighted by Crippen LogP contribution is 2.29. The maximum atomic E-state index is 12.5. The van der Waals surface area contributed by atoms with Crippen LogP contribution >= 0.6 is 0 Å². The standard InChI is InChI=1S/C21H22N6O2/c1-12-14(3)22-18-9-8-17(13(2)21(12)18)23-20(28)10-15-4-6-16(7-5-15)29-11-19-24-26-27-25-19/h4-9,22H,10-11H2,1-3H3,(H,23,28)(H,24,25,26,27). The molecule has 0 aliphatic heterocycles. The van der Waals surface area contributed by atoms with Crippen molar-refractivity contribution in [2.45, 2.75) is 33.8 Å². The topological polar surface area (TPSA) is 109 Å². The number of aryl methyl sites for hydroxylation is 3. The fourth-order valence-electron chi connectivity index (χ4n) is 3.39. The zero-order valence-corrected chi connectivity index (χ0v) is 16.5. The minimum absolute atomic E-state index is 0.0576. The summed E-state index contributed by atoms with van der Waals surface area (Å²) in [5.74, 6) is 1.10. The molecule has 0 aliphatic carbocycles. The molecular formula is C21H22N6O2. The SMILES string of the molecule is Cc1[nH]c2ccc(NC(=O)Cc3ccc(OCc4nn[nH]n4)cc3)c(C)c2c1C. The first-order chi connectivity index (χ1) is 14.0. The lowest BCUT2D eigenvalue weighted by molar-refractivity contribution is -0.115. The molecule has 4 rings (SSSR count). The van der Waals surface area contributed by atoms with Gasteiger partial charge in [0.05, 0.1) is 6.42 Å². The van der Waals surface area contributed by atoms with Crippen LogP contribution in [0.15, 0.2) is 36.4 Å². The Labute approximate surface area is 167 Å². The van der Waals surface area contributed by atoms with Crippen molar-refractivity contribution in [1.29, 1.82) is 0 Å². The molecule has 2 heterocycles. The van der Waals surface area contributed by atoms with Crippen LogP contribution in [0, 0.1) is 20.8 Å². The van der Waals surface area contributed by atoms with Crippen molar-refractivity contribution in [3.63, 3.8) is 0 Å². The summed E-state index contributed by atoms with van der Waals surface area (Å²) in [5.41, 5.74) is 6.26. The second kappa shape index (κ2) is 7.75. The highest BCUT2D eigenvalue weighted by molar-refractivity contribution is 5.98. The normalized spacial score (nSPS) is 11.0. The number of nitrogens with one attached hydrogen (secondary N) is 3. The summed E-state index contributed by atoms with van der Waals surface area (Å²) in [6, 6.07) is 11.4. The quantitative estimate of drug-likeness (QED) is 0.468. The Bertz CT molecular complexity index is 1150. The van der Waals surface area contributed by atoms with Crippen LogP contribution in [0.2, 0.25) is 0 Å². The minimum atomic E-state index is -0.0576. The van der Waals surface area contributed by atoms with E-state index in [1.54, 1.807) is 0 Å². The van der Waals surface area contributed by atoms with Crippen molar-refractivity contribution < 1.29 is 9.53 Å². The number of carbonyl (C=O) groups is 1. The number of tetrazole rings is 1. The second-order valence-electron chi connectivity index (χ2n) is 7.02. The van der Waals surface area contributed by atoms with Gasteiger partial charge < -0.3 is 15.0 Å². The molecule has 4 aromatic rings. The molecule has 0 bridgehead atoms. The van der Waals surface area contributed by atoms with Gasteiger partial charge in [-0.05, 0) is 61.7 Å². The van der Waals surface area contributed by atoms with Crippen molar-refractivity contribution in [2.75, 3.05) is 5.32 Å². The number of fused-ring (bicyclic) bond motifs is 1. The Morgan fingerprint density at radius 1 is 1.07 bits per heavy atom. The highest BCUT2D eigenvalue weighted by atomic mass is 16.5. The van der Waals surface area contributed by atoms with Crippen molar-refractivity contribution >= 4 is 22.5 Å². The fourth-order valence-corrected chi connectivity index (χ4v) is 3.39. The van der Waals surface area contributed by atoms with Crippen molar-refractivity contribution in [2.24, 2.45) is 0 Å². The molecule has 29 heavy (non-hydrogen) atoms. The van der Waals surface area contributed by atoms with Gasteiger partial charge in [-0.15, -0.1) is 10.2 Å². The lowest BCUT2D eigenvalue weighted by atomic mass is 10.0. The van der Waals surface area contributed by atoms with Gasteiger partial charge in [-0.25, -0.2) is 0 Å². The summed E-state index contributed by atoms with van der Waals surface area (Å²) in [7, 11) is 0. The number of anilines is 1. The van der Waals surface area contributed by atoms with Crippen LogP contribution in [0.4, 0.5) is 5.69 Å². The average Bonchev–Trinajstić information content (AvgIpc) is 3.32. The largest absolute Gasteiger partial charge is 0.485 e. The average molecular weight is 390 g/mol. The van der Waals surface area contributed by atoms with E-state index < -0.39 is 0 Å². The van der Waals surface area contributed by atoms with Gasteiger partial charge >= 0.3 is 0 Å². The Kier molecular flexibility index (Phi) is 4.99. The zero-order valence-electron chi connectivity index (χ0n) is 16.5. The number of amides is 1. The molecule has 3 N–H and O–H groups in total. The Morgan fingerprint density at radius 2 is 1.86 bits per heavy atom. The monoisotopic (exact) mass is 390 g/mol. The zero-order chi connectivity index (χ0) is 20.4. The lowest BCUT2D eigenvalue weighted by Gasteiger charge is -2.10. The Morgan fingerprint density at radius 3 is 2.59 bits per heavy atom. The molecule has 0 atom stereocenters. The van der Waals surface area contributed by atoms with E-state index in [1.165, 1.54) is 10.9 Å². The van der Waals surface area contributed by atoms with Crippen LogP contribution in [0.3, 0.4) is 0 Å². The Hall–Kier alpha value is -3.68. The predicted octanol–water partition coefficient (Wildman–Crippen LogP) is 3.37. The summed E-state index contributed by atoms with van der Waals surface area (Å²) in [6.45, 7) is 6.42. The van der Waals surface area contributed by atoms with Crippen LogP contribution in [0.1, 0.15) is 28.2 Å². The maximum Gasteiger partial charge on any atom is 0.228 e. The molecule has 0 radical (unpaired) electrons. The number of carbonyl (C=O) groups excluding carboxylic acids is 1. The maximum absolute atomic E-state index is 12.5. The van der Waals surface area contributed by atoms with Gasteiger partial charge in [0.2, 0.25) is 11.7 Å². The summed E-state index contributed by atoms with van der Waals surface area (Å²) in [6.07, 6.45) is 0.285. The van der Waals surface area contributed by atoms with Gasteiger partial charge in [-0.1, -0.05) is 17.3 Å². The number of nitrogens with zero attached hydrogens (tertiary/aromatic N) is 3. The predicted molar refractivity (Wildman–Crippen MR) is 110 cm³/mol. The summed E-state index contributed by atoms with van der Waals surface area (Å²) < 4.78 is 5.59. The van der Waals surface area contributed by atoms with Gasteiger partial charge in [-0.3, -0.25) is 4.79 Å². The molecular weight excluding hydrogens is 368 g/mol. The molecule has 0 unspecified atom stereocenters. The van der Waals surface area contributed by atoms with Gasteiger partial charge in [-0.2, -0.15) is 5.21 Å². The summed E-state index contributed by atoms with van der Waals surface area (Å²) >= 11 is 0. The molecule has 8 heteroatoms. The summed E-state index contributed by atoms with van der Waals surface area (Å²) in [4.78, 5) is 15.9. The molecule has 0 saturated heterocycles. The van der Waals surface area contributed by atoms with E-state index in [2.05, 4.69) is 44.8 Å². The molecule has 0 spiro atoms. The molecule has 0 fully saturated rings. The number of hydrogen-bond acceptors (Lipinski definition) is 5. The van der Waals surface area contributed by atoms with Crippen molar-refractivity contribution in [3.8, 4) is 5.75 Å². The Balaban J connectivity index is 1.40. The first-order valence-electron chi connectivity index (χ1n) is 9.33. The third kappa shape index (κ3) is 3.96. The molecule has 148 valence electrons. The van der Waals surface area contributed by atoms with Crippen LogP contribution in [0.5, 0.6) is 5.75 Å². The van der Waals surface area contributed by atoms with Crippen LogP contribution in [-0.2, 0) is 17.8 Å². The fraction of sp³-hybridized carbons (Fsp3) is 0.238. The van der Waals surface area contributed by atoms with E-state index in [4.69, 9.17) is 4.74 Å².